The molecule has 3 N–H and O–H groups in total. The van der Waals surface area contributed by atoms with Crippen molar-refractivity contribution < 1.29 is 0 Å². The number of hydrogen-bond donors (Lipinski definition) is 3. The molecule has 0 saturated carbocycles. The van der Waals surface area contributed by atoms with Crippen molar-refractivity contribution >= 4 is 35.8 Å². The topological polar surface area (TPSA) is 61.3 Å². The average molecular weight is 453 g/mol. The second-order valence-electron chi connectivity index (χ2n) is 5.69. The van der Waals surface area contributed by atoms with Crippen molar-refractivity contribution in [3.63, 3.8) is 0 Å². The first kappa shape index (κ1) is 21.2. The molecular weight excluding hydrogens is 425 g/mol. The van der Waals surface area contributed by atoms with E-state index in [1.807, 2.05) is 18.2 Å². The molecule has 0 fully saturated rings. The summed E-state index contributed by atoms with van der Waals surface area (Å²) in [5, 5.41) is 10.0. The van der Waals surface area contributed by atoms with Gasteiger partial charge in [0.15, 0.2) is 5.96 Å². The van der Waals surface area contributed by atoms with E-state index in [4.69, 9.17) is 0 Å². The van der Waals surface area contributed by atoms with Crippen molar-refractivity contribution in [2.24, 2.45) is 4.99 Å². The summed E-state index contributed by atoms with van der Waals surface area (Å²) in [4.78, 5) is 8.50. The van der Waals surface area contributed by atoms with Gasteiger partial charge in [0.05, 0.1) is 0 Å². The Hall–Kier alpha value is -1.83. The van der Waals surface area contributed by atoms with E-state index in [9.17, 15) is 0 Å². The summed E-state index contributed by atoms with van der Waals surface area (Å²) in [6, 6.07) is 14.4. The van der Waals surface area contributed by atoms with E-state index in [1.54, 1.807) is 13.2 Å². The molecule has 0 radical (unpaired) electrons. The number of rotatable bonds is 8. The molecule has 1 aromatic heterocycles. The van der Waals surface area contributed by atoms with Gasteiger partial charge in [-0.05, 0) is 37.5 Å². The number of anilines is 1. The zero-order chi connectivity index (χ0) is 17.0. The number of nitrogens with one attached hydrogen (secondary N) is 3. The number of pyridine rings is 1. The van der Waals surface area contributed by atoms with Crippen molar-refractivity contribution in [1.82, 2.24) is 15.6 Å². The number of guanidine groups is 1. The van der Waals surface area contributed by atoms with Crippen molar-refractivity contribution in [3.05, 3.63) is 59.8 Å². The zero-order valence-corrected chi connectivity index (χ0v) is 17.3. The van der Waals surface area contributed by atoms with Gasteiger partial charge in [0.1, 0.15) is 5.82 Å². The van der Waals surface area contributed by atoms with Gasteiger partial charge in [-0.1, -0.05) is 35.9 Å². The van der Waals surface area contributed by atoms with E-state index in [-0.39, 0.29) is 24.0 Å². The van der Waals surface area contributed by atoms with Crippen molar-refractivity contribution in [2.75, 3.05) is 25.5 Å². The zero-order valence-electron chi connectivity index (χ0n) is 15.0. The Morgan fingerprint density at radius 2 is 1.88 bits per heavy atom. The quantitative estimate of drug-likeness (QED) is 0.248. The van der Waals surface area contributed by atoms with Gasteiger partial charge in [0, 0.05) is 32.9 Å². The summed E-state index contributed by atoms with van der Waals surface area (Å²) >= 11 is 0. The standard InChI is InChI=1S/C19H27N5.HI/c1-16-8-7-9-17(14-16)15-24-19(20-2)23-13-6-5-12-22-18-10-3-4-11-21-18;/h3-4,7-11,14H,5-6,12-13,15H2,1-2H3,(H,21,22)(H2,20,23,24);1H. The highest BCUT2D eigenvalue weighted by atomic mass is 127. The highest BCUT2D eigenvalue weighted by molar-refractivity contribution is 14.0. The summed E-state index contributed by atoms with van der Waals surface area (Å²) in [6.45, 7) is 4.71. The number of nitrogens with zero attached hydrogens (tertiary/aromatic N) is 2. The van der Waals surface area contributed by atoms with Gasteiger partial charge in [-0.15, -0.1) is 24.0 Å². The third-order valence-electron chi connectivity index (χ3n) is 3.63. The number of aliphatic imine (C=N–C) groups is 1. The first-order chi connectivity index (χ1) is 11.8. The Balaban J connectivity index is 0.00000312. The molecule has 5 nitrogen and oxygen atoms in total. The smallest absolute Gasteiger partial charge is 0.191 e. The third kappa shape index (κ3) is 8.72. The van der Waals surface area contributed by atoms with Crippen molar-refractivity contribution in [1.29, 1.82) is 0 Å². The van der Waals surface area contributed by atoms with Crippen LogP contribution in [0.15, 0.2) is 53.7 Å². The second kappa shape index (κ2) is 12.5. The van der Waals surface area contributed by atoms with Crippen LogP contribution in [0, 0.1) is 6.92 Å². The first-order valence-electron chi connectivity index (χ1n) is 8.43. The molecule has 1 aromatic carbocycles. The van der Waals surface area contributed by atoms with Crippen LogP contribution < -0.4 is 16.0 Å². The lowest BCUT2D eigenvalue weighted by Crippen LogP contribution is -2.37. The lowest BCUT2D eigenvalue weighted by molar-refractivity contribution is 0.711. The molecule has 2 aromatic rings. The maximum Gasteiger partial charge on any atom is 0.191 e. The molecule has 2 rings (SSSR count). The van der Waals surface area contributed by atoms with Gasteiger partial charge in [-0.25, -0.2) is 4.98 Å². The molecule has 6 heteroatoms. The van der Waals surface area contributed by atoms with E-state index < -0.39 is 0 Å². The number of aromatic nitrogens is 1. The number of benzene rings is 1. The van der Waals surface area contributed by atoms with Gasteiger partial charge in [0.25, 0.3) is 0 Å². The fraction of sp³-hybridized carbons (Fsp3) is 0.368. The largest absolute Gasteiger partial charge is 0.370 e. The number of halogens is 1. The summed E-state index contributed by atoms with van der Waals surface area (Å²) in [7, 11) is 1.80. The van der Waals surface area contributed by atoms with Crippen LogP contribution in [0.2, 0.25) is 0 Å². The highest BCUT2D eigenvalue weighted by Gasteiger charge is 1.98. The predicted octanol–water partition coefficient (Wildman–Crippen LogP) is 3.57. The SMILES string of the molecule is CN=C(NCCCCNc1ccccn1)NCc1cccc(C)c1.I. The average Bonchev–Trinajstić information content (AvgIpc) is 2.61. The predicted molar refractivity (Wildman–Crippen MR) is 117 cm³/mol. The van der Waals surface area contributed by atoms with Gasteiger partial charge in [-0.3, -0.25) is 4.99 Å². The minimum absolute atomic E-state index is 0. The Morgan fingerprint density at radius 1 is 1.04 bits per heavy atom. The molecule has 0 amide bonds. The molecule has 0 unspecified atom stereocenters. The molecule has 0 spiro atoms. The lowest BCUT2D eigenvalue weighted by atomic mass is 10.1. The monoisotopic (exact) mass is 453 g/mol. The van der Waals surface area contributed by atoms with Crippen LogP contribution >= 0.6 is 24.0 Å². The van der Waals surface area contributed by atoms with Gasteiger partial charge >= 0.3 is 0 Å². The molecule has 136 valence electrons. The number of unbranched alkanes of at least 4 members (excludes halogenated alkanes) is 1. The van der Waals surface area contributed by atoms with Crippen LogP contribution in [-0.4, -0.2) is 31.1 Å². The minimum atomic E-state index is 0. The van der Waals surface area contributed by atoms with Crippen LogP contribution in [0.5, 0.6) is 0 Å². The Bertz CT molecular complexity index is 631. The second-order valence-corrected chi connectivity index (χ2v) is 5.69. The molecular formula is C19H28IN5. The third-order valence-corrected chi connectivity index (χ3v) is 3.63. The maximum absolute atomic E-state index is 4.26. The normalized spacial score (nSPS) is 10.7. The molecule has 25 heavy (non-hydrogen) atoms. The minimum Gasteiger partial charge on any atom is -0.370 e. The molecule has 0 atom stereocenters. The first-order valence-corrected chi connectivity index (χ1v) is 8.43. The van der Waals surface area contributed by atoms with E-state index in [0.29, 0.717) is 0 Å². The number of aryl methyl sites for hydroxylation is 1. The van der Waals surface area contributed by atoms with E-state index in [0.717, 1.165) is 44.3 Å². The van der Waals surface area contributed by atoms with E-state index in [2.05, 4.69) is 57.1 Å². The van der Waals surface area contributed by atoms with Crippen LogP contribution in [0.1, 0.15) is 24.0 Å². The molecule has 0 bridgehead atoms. The van der Waals surface area contributed by atoms with Crippen molar-refractivity contribution in [3.8, 4) is 0 Å². The van der Waals surface area contributed by atoms with Crippen molar-refractivity contribution in [2.45, 2.75) is 26.3 Å². The van der Waals surface area contributed by atoms with E-state index >= 15 is 0 Å². The Kier molecular flexibility index (Phi) is 10.6. The molecule has 0 aliphatic rings. The molecule has 0 aliphatic carbocycles. The molecule has 1 heterocycles. The van der Waals surface area contributed by atoms with Gasteiger partial charge < -0.3 is 16.0 Å². The Labute approximate surface area is 167 Å². The summed E-state index contributed by atoms with van der Waals surface area (Å²) in [5.74, 6) is 1.77. The lowest BCUT2D eigenvalue weighted by Gasteiger charge is -2.12. The molecule has 0 saturated heterocycles. The van der Waals surface area contributed by atoms with Gasteiger partial charge in [-0.2, -0.15) is 0 Å². The fourth-order valence-corrected chi connectivity index (χ4v) is 2.37. The molecule has 0 aliphatic heterocycles. The van der Waals surface area contributed by atoms with Gasteiger partial charge in [0.2, 0.25) is 0 Å². The summed E-state index contributed by atoms with van der Waals surface area (Å²) in [6.07, 6.45) is 3.96. The maximum atomic E-state index is 4.26. The van der Waals surface area contributed by atoms with Crippen LogP contribution in [0.25, 0.3) is 0 Å². The number of hydrogen-bond acceptors (Lipinski definition) is 3. The summed E-state index contributed by atoms with van der Waals surface area (Å²) in [5.41, 5.74) is 2.54. The highest BCUT2D eigenvalue weighted by Crippen LogP contribution is 2.03. The fourth-order valence-electron chi connectivity index (χ4n) is 2.37. The van der Waals surface area contributed by atoms with Crippen LogP contribution in [0.4, 0.5) is 5.82 Å². The summed E-state index contributed by atoms with van der Waals surface area (Å²) < 4.78 is 0. The van der Waals surface area contributed by atoms with E-state index in [1.165, 1.54) is 11.1 Å². The van der Waals surface area contributed by atoms with Crippen LogP contribution in [-0.2, 0) is 6.54 Å². The van der Waals surface area contributed by atoms with Crippen LogP contribution in [0.3, 0.4) is 0 Å². The Morgan fingerprint density at radius 3 is 2.60 bits per heavy atom.